The van der Waals surface area contributed by atoms with Gasteiger partial charge in [0.15, 0.2) is 0 Å². The summed E-state index contributed by atoms with van der Waals surface area (Å²) in [6, 6.07) is 4.32. The molecule has 1 aliphatic heterocycles. The molecule has 0 aliphatic carbocycles. The van der Waals surface area contributed by atoms with Crippen molar-refractivity contribution in [1.82, 2.24) is 10.0 Å². The topological polar surface area (TPSA) is 84.5 Å². The maximum absolute atomic E-state index is 12.6. The molecule has 2 rings (SSSR count). The lowest BCUT2D eigenvalue weighted by molar-refractivity contribution is 0.0600. The smallest absolute Gasteiger partial charge is 0.337 e. The summed E-state index contributed by atoms with van der Waals surface area (Å²) in [5.41, 5.74) is 0.860. The molecule has 1 fully saturated rings. The molecule has 1 saturated heterocycles. The molecule has 1 aromatic rings. The van der Waals surface area contributed by atoms with Crippen molar-refractivity contribution in [3.05, 3.63) is 29.3 Å². The number of ether oxygens (including phenoxy) is 1. The summed E-state index contributed by atoms with van der Waals surface area (Å²) in [4.78, 5) is 11.7. The van der Waals surface area contributed by atoms with E-state index in [9.17, 15) is 13.2 Å². The fourth-order valence-corrected chi connectivity index (χ4v) is 4.18. The molecule has 22 heavy (non-hydrogen) atoms. The van der Waals surface area contributed by atoms with Crippen molar-refractivity contribution in [1.29, 1.82) is 0 Å². The molecule has 1 aromatic carbocycles. The van der Waals surface area contributed by atoms with Gasteiger partial charge in [0.05, 0.1) is 17.6 Å². The van der Waals surface area contributed by atoms with Crippen LogP contribution < -0.4 is 10.0 Å². The molecule has 0 radical (unpaired) electrons. The molecule has 0 amide bonds. The highest BCUT2D eigenvalue weighted by Gasteiger charge is 2.27. The first-order valence-corrected chi connectivity index (χ1v) is 8.75. The van der Waals surface area contributed by atoms with E-state index in [4.69, 9.17) is 0 Å². The Morgan fingerprint density at radius 3 is 2.73 bits per heavy atom. The van der Waals surface area contributed by atoms with Gasteiger partial charge in [-0.15, -0.1) is 0 Å². The van der Waals surface area contributed by atoms with Gasteiger partial charge in [-0.3, -0.25) is 0 Å². The number of esters is 1. The quantitative estimate of drug-likeness (QED) is 0.808. The largest absolute Gasteiger partial charge is 0.465 e. The zero-order valence-electron chi connectivity index (χ0n) is 13.0. The van der Waals surface area contributed by atoms with Gasteiger partial charge in [-0.05, 0) is 49.6 Å². The van der Waals surface area contributed by atoms with Crippen LogP contribution in [0.2, 0.25) is 0 Å². The lowest BCUT2D eigenvalue weighted by Gasteiger charge is -2.30. The van der Waals surface area contributed by atoms with E-state index >= 15 is 0 Å². The van der Waals surface area contributed by atoms with Crippen LogP contribution >= 0.6 is 0 Å². The number of hydrogen-bond acceptors (Lipinski definition) is 5. The summed E-state index contributed by atoms with van der Waals surface area (Å²) in [6.45, 7) is 5.25. The molecule has 0 spiro atoms. The van der Waals surface area contributed by atoms with E-state index in [0.717, 1.165) is 13.0 Å². The predicted molar refractivity (Wildman–Crippen MR) is 83.3 cm³/mol. The molecule has 1 heterocycles. The van der Waals surface area contributed by atoms with Gasteiger partial charge in [-0.25, -0.2) is 17.9 Å². The van der Waals surface area contributed by atoms with Gasteiger partial charge in [0, 0.05) is 12.6 Å². The average molecular weight is 326 g/mol. The van der Waals surface area contributed by atoms with Crippen LogP contribution in [0.3, 0.4) is 0 Å². The standard InChI is InChI=1S/C15H22N2O4S/c1-10-6-7-16-9-13(10)17-22(19,20)14-5-4-12(8-11(14)2)15(18)21-3/h4-5,8,10,13,16-17H,6-7,9H2,1-3H3. The highest BCUT2D eigenvalue weighted by atomic mass is 32.2. The third-order valence-electron chi connectivity index (χ3n) is 4.02. The first-order chi connectivity index (χ1) is 10.3. The second-order valence-electron chi connectivity index (χ2n) is 5.67. The van der Waals surface area contributed by atoms with Gasteiger partial charge in [-0.2, -0.15) is 0 Å². The number of benzene rings is 1. The SMILES string of the molecule is COC(=O)c1ccc(S(=O)(=O)NC2CNCCC2C)c(C)c1. The van der Waals surface area contributed by atoms with Gasteiger partial charge in [-0.1, -0.05) is 6.92 Å². The van der Waals surface area contributed by atoms with Crippen molar-refractivity contribution < 1.29 is 17.9 Å². The fourth-order valence-electron chi connectivity index (χ4n) is 2.61. The van der Waals surface area contributed by atoms with E-state index in [1.807, 2.05) is 6.92 Å². The Balaban J connectivity index is 2.24. The minimum absolute atomic E-state index is 0.126. The Kier molecular flexibility index (Phi) is 5.20. The van der Waals surface area contributed by atoms with E-state index in [2.05, 4.69) is 14.8 Å². The zero-order chi connectivity index (χ0) is 16.3. The molecule has 6 nitrogen and oxygen atoms in total. The molecule has 2 N–H and O–H groups in total. The molecular formula is C15H22N2O4S. The summed E-state index contributed by atoms with van der Waals surface area (Å²) >= 11 is 0. The van der Waals surface area contributed by atoms with Crippen LogP contribution in [0.5, 0.6) is 0 Å². The predicted octanol–water partition coefficient (Wildman–Crippen LogP) is 1.06. The van der Waals surface area contributed by atoms with Crippen LogP contribution in [0.1, 0.15) is 29.3 Å². The Bertz CT molecular complexity index is 658. The number of nitrogens with one attached hydrogen (secondary N) is 2. The first kappa shape index (κ1) is 16.9. The number of hydrogen-bond donors (Lipinski definition) is 2. The Labute approximate surface area is 131 Å². The van der Waals surface area contributed by atoms with E-state index in [0.29, 0.717) is 17.7 Å². The minimum Gasteiger partial charge on any atom is -0.465 e. The third kappa shape index (κ3) is 3.66. The number of methoxy groups -OCH3 is 1. The highest BCUT2D eigenvalue weighted by Crippen LogP contribution is 2.20. The van der Waals surface area contributed by atoms with Crippen LogP contribution in [0, 0.1) is 12.8 Å². The second-order valence-corrected chi connectivity index (χ2v) is 7.35. The number of carbonyl (C=O) groups excluding carboxylic acids is 1. The molecule has 2 unspecified atom stereocenters. The summed E-state index contributed by atoms with van der Waals surface area (Å²) < 4.78 is 32.5. The van der Waals surface area contributed by atoms with Crippen molar-refractivity contribution >= 4 is 16.0 Å². The molecule has 0 aromatic heterocycles. The lowest BCUT2D eigenvalue weighted by Crippen LogP contribution is -2.50. The Hall–Kier alpha value is -1.44. The monoisotopic (exact) mass is 326 g/mol. The number of sulfonamides is 1. The molecule has 2 atom stereocenters. The van der Waals surface area contributed by atoms with Crippen LogP contribution in [-0.4, -0.2) is 40.6 Å². The van der Waals surface area contributed by atoms with Crippen molar-refractivity contribution in [3.8, 4) is 0 Å². The van der Waals surface area contributed by atoms with Gasteiger partial charge in [0.2, 0.25) is 10.0 Å². The van der Waals surface area contributed by atoms with E-state index < -0.39 is 16.0 Å². The molecular weight excluding hydrogens is 304 g/mol. The maximum Gasteiger partial charge on any atom is 0.337 e. The normalized spacial score (nSPS) is 22.3. The molecule has 0 bridgehead atoms. The fraction of sp³-hybridized carbons (Fsp3) is 0.533. The lowest BCUT2D eigenvalue weighted by atomic mass is 9.96. The number of carbonyl (C=O) groups is 1. The van der Waals surface area contributed by atoms with Crippen LogP contribution in [-0.2, 0) is 14.8 Å². The Morgan fingerprint density at radius 2 is 2.14 bits per heavy atom. The van der Waals surface area contributed by atoms with Crippen molar-refractivity contribution in [2.45, 2.75) is 31.2 Å². The van der Waals surface area contributed by atoms with Gasteiger partial charge < -0.3 is 10.1 Å². The van der Waals surface area contributed by atoms with Crippen LogP contribution in [0.15, 0.2) is 23.1 Å². The zero-order valence-corrected chi connectivity index (χ0v) is 13.9. The van der Waals surface area contributed by atoms with Gasteiger partial charge >= 0.3 is 5.97 Å². The molecule has 1 aliphatic rings. The first-order valence-electron chi connectivity index (χ1n) is 7.27. The van der Waals surface area contributed by atoms with Crippen LogP contribution in [0.25, 0.3) is 0 Å². The number of aryl methyl sites for hydroxylation is 1. The van der Waals surface area contributed by atoms with Crippen LogP contribution in [0.4, 0.5) is 0 Å². The maximum atomic E-state index is 12.6. The number of piperidine rings is 1. The Morgan fingerprint density at radius 1 is 1.41 bits per heavy atom. The molecule has 0 saturated carbocycles. The van der Waals surface area contributed by atoms with Gasteiger partial charge in [0.25, 0.3) is 0 Å². The second kappa shape index (κ2) is 6.76. The minimum atomic E-state index is -3.61. The van der Waals surface area contributed by atoms with E-state index in [-0.39, 0.29) is 16.9 Å². The molecule has 122 valence electrons. The van der Waals surface area contributed by atoms with Crippen molar-refractivity contribution in [2.75, 3.05) is 20.2 Å². The molecule has 7 heteroatoms. The summed E-state index contributed by atoms with van der Waals surface area (Å²) in [6.07, 6.45) is 0.938. The van der Waals surface area contributed by atoms with E-state index in [1.54, 1.807) is 6.92 Å². The summed E-state index contributed by atoms with van der Waals surface area (Å²) in [5, 5.41) is 3.20. The average Bonchev–Trinajstić information content (AvgIpc) is 2.48. The summed E-state index contributed by atoms with van der Waals surface area (Å²) in [7, 11) is -2.32. The third-order valence-corrected chi connectivity index (χ3v) is 5.67. The van der Waals surface area contributed by atoms with E-state index in [1.165, 1.54) is 25.3 Å². The highest BCUT2D eigenvalue weighted by molar-refractivity contribution is 7.89. The summed E-state index contributed by atoms with van der Waals surface area (Å²) in [5.74, 6) is -0.198. The van der Waals surface area contributed by atoms with Crippen molar-refractivity contribution in [2.24, 2.45) is 5.92 Å². The van der Waals surface area contributed by atoms with Crippen molar-refractivity contribution in [3.63, 3.8) is 0 Å². The number of rotatable bonds is 4. The van der Waals surface area contributed by atoms with Gasteiger partial charge in [0.1, 0.15) is 0 Å².